The predicted octanol–water partition coefficient (Wildman–Crippen LogP) is 0.680. The Bertz CT molecular complexity index is 470. The van der Waals surface area contributed by atoms with Crippen LogP contribution in [0.25, 0.3) is 0 Å². The van der Waals surface area contributed by atoms with Crippen molar-refractivity contribution >= 4 is 5.91 Å². The van der Waals surface area contributed by atoms with Crippen LogP contribution in [0.3, 0.4) is 0 Å². The Morgan fingerprint density at radius 3 is 3.00 bits per heavy atom. The van der Waals surface area contributed by atoms with Crippen molar-refractivity contribution in [3.8, 4) is 5.75 Å². The first kappa shape index (κ1) is 10.5. The van der Waals surface area contributed by atoms with E-state index in [-0.39, 0.29) is 11.5 Å². The average Bonchev–Trinajstić information content (AvgIpc) is 2.72. The molecule has 3 rings (SSSR count). The first-order chi connectivity index (χ1) is 8.19. The van der Waals surface area contributed by atoms with Crippen molar-refractivity contribution in [2.45, 2.75) is 12.0 Å². The summed E-state index contributed by atoms with van der Waals surface area (Å²) in [5.74, 6) is -0.239. The highest BCUT2D eigenvalue weighted by Gasteiger charge is 2.39. The molecule has 2 N–H and O–H groups in total. The number of carbonyl (C=O) groups excluding carboxylic acids is 1. The van der Waals surface area contributed by atoms with Gasteiger partial charge in [0, 0.05) is 13.0 Å². The molecule has 2 aliphatic heterocycles. The van der Waals surface area contributed by atoms with Gasteiger partial charge in [0.25, 0.3) is 5.91 Å². The van der Waals surface area contributed by atoms with Gasteiger partial charge in [0.15, 0.2) is 0 Å². The van der Waals surface area contributed by atoms with Gasteiger partial charge in [0.2, 0.25) is 0 Å². The van der Waals surface area contributed by atoms with E-state index >= 15 is 0 Å². The number of amides is 1. The minimum atomic E-state index is -0.428. The zero-order chi connectivity index (χ0) is 11.9. The van der Waals surface area contributed by atoms with Crippen LogP contribution < -0.4 is 15.4 Å². The molecule has 0 aromatic heterocycles. The molecule has 1 aromatic rings. The molecule has 1 fully saturated rings. The average molecular weight is 236 g/mol. The zero-order valence-corrected chi connectivity index (χ0v) is 9.25. The van der Waals surface area contributed by atoms with Gasteiger partial charge in [0.1, 0.15) is 17.2 Å². The monoisotopic (exact) mass is 236 g/mol. The highest BCUT2D eigenvalue weighted by molar-refractivity contribution is 5.97. The van der Waals surface area contributed by atoms with E-state index in [1.165, 1.54) is 18.2 Å². The van der Waals surface area contributed by atoms with E-state index in [0.29, 0.717) is 18.8 Å². The van der Waals surface area contributed by atoms with Crippen LogP contribution in [0, 0.1) is 5.82 Å². The lowest BCUT2D eigenvalue weighted by atomic mass is 10.0. The van der Waals surface area contributed by atoms with Gasteiger partial charge in [-0.05, 0) is 24.7 Å². The molecule has 1 saturated heterocycles. The summed E-state index contributed by atoms with van der Waals surface area (Å²) in [6.07, 6.45) is 0.837. The number of hydrogen-bond acceptors (Lipinski definition) is 3. The number of halogens is 1. The van der Waals surface area contributed by atoms with Crippen LogP contribution in [0.1, 0.15) is 16.8 Å². The van der Waals surface area contributed by atoms with Crippen LogP contribution in [0.5, 0.6) is 5.75 Å². The fourth-order valence-corrected chi connectivity index (χ4v) is 2.33. The van der Waals surface area contributed by atoms with Crippen molar-refractivity contribution in [2.24, 2.45) is 0 Å². The molecule has 0 unspecified atom stereocenters. The van der Waals surface area contributed by atoms with E-state index in [1.807, 2.05) is 0 Å². The Balaban J connectivity index is 2.02. The Morgan fingerprint density at radius 1 is 1.35 bits per heavy atom. The summed E-state index contributed by atoms with van der Waals surface area (Å²) < 4.78 is 19.0. The number of rotatable bonds is 0. The molecular formula is C12H13FN2O2. The summed E-state index contributed by atoms with van der Waals surface area (Å²) in [6, 6.07) is 4.05. The lowest BCUT2D eigenvalue weighted by Crippen LogP contribution is -2.46. The van der Waals surface area contributed by atoms with Crippen LogP contribution in [-0.2, 0) is 0 Å². The number of carbonyl (C=O) groups is 1. The molecule has 5 heteroatoms. The van der Waals surface area contributed by atoms with Gasteiger partial charge in [-0.2, -0.15) is 0 Å². The summed E-state index contributed by atoms with van der Waals surface area (Å²) >= 11 is 0. The van der Waals surface area contributed by atoms with Gasteiger partial charge in [0.05, 0.1) is 12.1 Å². The summed E-state index contributed by atoms with van der Waals surface area (Å²) in [7, 11) is 0. The molecule has 1 atom stereocenters. The van der Waals surface area contributed by atoms with Crippen LogP contribution in [0.2, 0.25) is 0 Å². The lowest BCUT2D eigenvalue weighted by molar-refractivity contribution is 0.0849. The van der Waals surface area contributed by atoms with E-state index in [2.05, 4.69) is 10.6 Å². The molecule has 0 bridgehead atoms. The second-order valence-electron chi connectivity index (χ2n) is 4.54. The van der Waals surface area contributed by atoms with Gasteiger partial charge in [-0.25, -0.2) is 4.39 Å². The third-order valence-corrected chi connectivity index (χ3v) is 3.29. The smallest absolute Gasteiger partial charge is 0.255 e. The molecule has 0 aliphatic carbocycles. The summed E-state index contributed by atoms with van der Waals surface area (Å²) in [5.41, 5.74) is -0.118. The molecule has 4 nitrogen and oxygen atoms in total. The van der Waals surface area contributed by atoms with Gasteiger partial charge in [-0.1, -0.05) is 0 Å². The largest absolute Gasteiger partial charge is 0.483 e. The van der Waals surface area contributed by atoms with Crippen LogP contribution in [0.15, 0.2) is 18.2 Å². The third kappa shape index (κ3) is 1.76. The predicted molar refractivity (Wildman–Crippen MR) is 59.6 cm³/mol. The molecule has 2 aliphatic rings. The Labute approximate surface area is 98.1 Å². The summed E-state index contributed by atoms with van der Waals surface area (Å²) in [4.78, 5) is 11.8. The van der Waals surface area contributed by atoms with Crippen molar-refractivity contribution < 1.29 is 13.9 Å². The first-order valence-electron chi connectivity index (χ1n) is 5.66. The fraction of sp³-hybridized carbons (Fsp3) is 0.417. The molecule has 1 amide bonds. The lowest BCUT2D eigenvalue weighted by Gasteiger charge is -2.27. The summed E-state index contributed by atoms with van der Waals surface area (Å²) in [6.45, 7) is 2.02. The van der Waals surface area contributed by atoms with Crippen molar-refractivity contribution in [1.29, 1.82) is 0 Å². The SMILES string of the molecule is O=C1NC[C@@]2(CCNC2)Oc2ccc(F)cc21. The maximum absolute atomic E-state index is 13.1. The van der Waals surface area contributed by atoms with Crippen molar-refractivity contribution in [3.63, 3.8) is 0 Å². The number of benzene rings is 1. The Hall–Kier alpha value is -1.62. The maximum atomic E-state index is 13.1. The van der Waals surface area contributed by atoms with E-state index in [1.54, 1.807) is 0 Å². The molecule has 1 spiro atoms. The molecule has 2 heterocycles. The number of hydrogen-bond donors (Lipinski definition) is 2. The van der Waals surface area contributed by atoms with Crippen LogP contribution in [-0.4, -0.2) is 31.1 Å². The molecular weight excluding hydrogens is 223 g/mol. The molecule has 90 valence electrons. The van der Waals surface area contributed by atoms with E-state index in [9.17, 15) is 9.18 Å². The van der Waals surface area contributed by atoms with E-state index in [4.69, 9.17) is 4.74 Å². The standard InChI is InChI=1S/C12H13FN2O2/c13-8-1-2-10-9(5-8)11(16)15-7-12(17-10)3-4-14-6-12/h1-2,5,14H,3-4,6-7H2,(H,15,16)/t12-/m0/s1. The van der Waals surface area contributed by atoms with E-state index < -0.39 is 11.4 Å². The number of ether oxygens (including phenoxy) is 1. The van der Waals surface area contributed by atoms with Crippen molar-refractivity contribution in [3.05, 3.63) is 29.6 Å². The summed E-state index contributed by atoms with van der Waals surface area (Å²) in [5, 5.41) is 6.01. The van der Waals surface area contributed by atoms with Gasteiger partial charge < -0.3 is 15.4 Å². The molecule has 0 saturated carbocycles. The Morgan fingerprint density at radius 2 is 2.24 bits per heavy atom. The number of nitrogens with one attached hydrogen (secondary N) is 2. The highest BCUT2D eigenvalue weighted by Crippen LogP contribution is 2.29. The quantitative estimate of drug-likeness (QED) is 0.696. The van der Waals surface area contributed by atoms with Gasteiger partial charge in [-0.15, -0.1) is 0 Å². The maximum Gasteiger partial charge on any atom is 0.255 e. The normalized spacial score (nSPS) is 27.2. The van der Waals surface area contributed by atoms with Crippen LogP contribution in [0.4, 0.5) is 4.39 Å². The molecule has 0 radical (unpaired) electrons. The van der Waals surface area contributed by atoms with Crippen molar-refractivity contribution in [2.75, 3.05) is 19.6 Å². The van der Waals surface area contributed by atoms with Crippen LogP contribution >= 0.6 is 0 Å². The molecule has 17 heavy (non-hydrogen) atoms. The number of fused-ring (bicyclic) bond motifs is 1. The van der Waals surface area contributed by atoms with Crippen molar-refractivity contribution in [1.82, 2.24) is 10.6 Å². The minimum Gasteiger partial charge on any atom is -0.483 e. The highest BCUT2D eigenvalue weighted by atomic mass is 19.1. The minimum absolute atomic E-state index is 0.272. The first-order valence-corrected chi connectivity index (χ1v) is 5.66. The molecule has 1 aromatic carbocycles. The van der Waals surface area contributed by atoms with Gasteiger partial charge >= 0.3 is 0 Å². The topological polar surface area (TPSA) is 50.4 Å². The zero-order valence-electron chi connectivity index (χ0n) is 9.25. The van der Waals surface area contributed by atoms with Gasteiger partial charge in [-0.3, -0.25) is 4.79 Å². The van der Waals surface area contributed by atoms with E-state index in [0.717, 1.165) is 13.0 Å². The third-order valence-electron chi connectivity index (χ3n) is 3.29. The fourth-order valence-electron chi connectivity index (χ4n) is 2.33. The second-order valence-corrected chi connectivity index (χ2v) is 4.54. The Kier molecular flexibility index (Phi) is 2.29. The second kappa shape index (κ2) is 3.70.